The summed E-state index contributed by atoms with van der Waals surface area (Å²) in [6.45, 7) is 9.46. The van der Waals surface area contributed by atoms with Crippen molar-refractivity contribution in [3.05, 3.63) is 246 Å². The maximum Gasteiger partial charge on any atom is 0.0502 e. The second kappa shape index (κ2) is 15.3. The highest BCUT2D eigenvalue weighted by atomic mass is 15.2. The number of hydrogen-bond acceptors (Lipinski definition) is 2. The number of hydrogen-bond donors (Lipinski definition) is 0. The summed E-state index contributed by atoms with van der Waals surface area (Å²) >= 11 is 0. The van der Waals surface area contributed by atoms with Gasteiger partial charge in [0.1, 0.15) is 0 Å². The van der Waals surface area contributed by atoms with Crippen molar-refractivity contribution in [1.82, 2.24) is 0 Å². The summed E-state index contributed by atoms with van der Waals surface area (Å²) in [6, 6.07) is 77.7. The molecule has 0 atom stereocenters. The minimum atomic E-state index is -0.153. The number of para-hydroxylation sites is 4. The highest BCUT2D eigenvalue weighted by molar-refractivity contribution is 6.23. The van der Waals surface area contributed by atoms with Crippen LogP contribution in [0.4, 0.5) is 34.1 Å². The van der Waals surface area contributed by atoms with Gasteiger partial charge in [-0.3, -0.25) is 0 Å². The Hall–Kier alpha value is -7.94. The fourth-order valence-corrected chi connectivity index (χ4v) is 12.0. The first kappa shape index (κ1) is 40.3. The number of anilines is 6. The van der Waals surface area contributed by atoms with Crippen LogP contribution in [0.15, 0.2) is 212 Å². The summed E-state index contributed by atoms with van der Waals surface area (Å²) in [5.74, 6) is 0. The minimum Gasteiger partial charge on any atom is -0.310 e. The topological polar surface area (TPSA) is 6.48 Å². The highest BCUT2D eigenvalue weighted by Crippen LogP contribution is 2.56. The quantitative estimate of drug-likeness (QED) is 0.159. The van der Waals surface area contributed by atoms with Gasteiger partial charge in [-0.15, -0.1) is 0 Å². The first-order chi connectivity index (χ1) is 33.3. The molecule has 2 nitrogen and oxygen atoms in total. The molecule has 0 saturated carbocycles. The molecule has 2 heteroatoms. The number of rotatable bonds is 5. The van der Waals surface area contributed by atoms with Crippen LogP contribution in [0.5, 0.6) is 0 Å². The second-order valence-corrected chi connectivity index (χ2v) is 20.0. The Bertz CT molecular complexity index is 3590. The third-order valence-corrected chi connectivity index (χ3v) is 15.5. The van der Waals surface area contributed by atoms with Crippen LogP contribution in [0.1, 0.15) is 67.5 Å². The molecule has 1 aliphatic carbocycles. The van der Waals surface area contributed by atoms with Gasteiger partial charge in [0.2, 0.25) is 0 Å². The summed E-state index contributed by atoms with van der Waals surface area (Å²) in [7, 11) is 0. The van der Waals surface area contributed by atoms with Gasteiger partial charge in [0.05, 0.1) is 22.7 Å². The van der Waals surface area contributed by atoms with E-state index < -0.39 is 0 Å². The van der Waals surface area contributed by atoms with E-state index in [0.29, 0.717) is 0 Å². The lowest BCUT2D eigenvalue weighted by Gasteiger charge is -2.42. The molecule has 0 unspecified atom stereocenters. The number of aryl methyl sites for hydroxylation is 1. The fourth-order valence-electron chi connectivity index (χ4n) is 12.0. The maximum absolute atomic E-state index is 2.51. The van der Waals surface area contributed by atoms with Crippen LogP contribution in [-0.4, -0.2) is 0 Å². The lowest BCUT2D eigenvalue weighted by Crippen LogP contribution is -2.30. The molecular weight excluding hydrogens is 821 g/mol. The lowest BCUT2D eigenvalue weighted by molar-refractivity contribution is 0.632. The van der Waals surface area contributed by atoms with Crippen molar-refractivity contribution < 1.29 is 0 Å². The van der Waals surface area contributed by atoms with E-state index in [0.717, 1.165) is 24.2 Å². The molecule has 0 saturated heterocycles. The first-order valence-corrected chi connectivity index (χ1v) is 24.2. The summed E-state index contributed by atoms with van der Waals surface area (Å²) in [5, 5.41) is 4.95. The molecule has 10 aromatic carbocycles. The molecule has 13 rings (SSSR count). The standard InChI is InChI=1S/C66H52N2/c1-65(2)55-22-10-14-26-59(55)67(60-27-15-11-23-56(60)65)49-37-39-52-53(41-49)63(46-33-30-45(31-34-46)43-18-6-5-7-19-43)51-38-36-50(42-54(51)64(52)48-35-32-44-20-8-9-21-47(44)40-48)68-61-28-16-12-24-57(61)66(3,4)58-25-13-17-29-62(58)68/h5-8,10-20,22-42H,9,21H2,1-4H3. The highest BCUT2D eigenvalue weighted by Gasteiger charge is 2.38. The molecule has 326 valence electrons. The zero-order valence-electron chi connectivity index (χ0n) is 39.1. The van der Waals surface area contributed by atoms with Gasteiger partial charge < -0.3 is 9.80 Å². The fraction of sp³-hybridized carbons (Fsp3) is 0.121. The zero-order chi connectivity index (χ0) is 45.7. The Morgan fingerprint density at radius 2 is 0.765 bits per heavy atom. The van der Waals surface area contributed by atoms with Gasteiger partial charge in [-0.2, -0.15) is 0 Å². The molecule has 0 fully saturated rings. The average Bonchev–Trinajstić information content (AvgIpc) is 3.38. The van der Waals surface area contributed by atoms with Crippen molar-refractivity contribution in [3.8, 4) is 33.4 Å². The maximum atomic E-state index is 2.51. The van der Waals surface area contributed by atoms with Crippen LogP contribution in [0, 0.1) is 0 Å². The Labute approximate surface area is 400 Å². The summed E-state index contributed by atoms with van der Waals surface area (Å²) in [6.07, 6.45) is 6.71. The van der Waals surface area contributed by atoms with Crippen LogP contribution >= 0.6 is 0 Å². The Morgan fingerprint density at radius 1 is 0.353 bits per heavy atom. The lowest BCUT2D eigenvalue weighted by atomic mass is 9.73. The van der Waals surface area contributed by atoms with E-state index in [-0.39, 0.29) is 10.8 Å². The number of nitrogens with zero attached hydrogens (tertiary/aromatic N) is 2. The van der Waals surface area contributed by atoms with Gasteiger partial charge >= 0.3 is 0 Å². The van der Waals surface area contributed by atoms with Crippen LogP contribution in [0.25, 0.3) is 61.0 Å². The van der Waals surface area contributed by atoms with Crippen molar-refractivity contribution in [2.45, 2.75) is 51.4 Å². The summed E-state index contributed by atoms with van der Waals surface area (Å²) in [5.41, 5.74) is 22.3. The van der Waals surface area contributed by atoms with Gasteiger partial charge in [-0.1, -0.05) is 198 Å². The molecule has 0 amide bonds. The van der Waals surface area contributed by atoms with E-state index >= 15 is 0 Å². The second-order valence-electron chi connectivity index (χ2n) is 20.0. The molecule has 0 spiro atoms. The molecule has 0 aromatic heterocycles. The van der Waals surface area contributed by atoms with Crippen molar-refractivity contribution in [2.75, 3.05) is 9.80 Å². The van der Waals surface area contributed by atoms with Crippen molar-refractivity contribution in [1.29, 1.82) is 0 Å². The SMILES string of the molecule is CC1(C)c2ccccc2N(c2ccc3c(-c4ccc5c(c4)CCC=C5)c4cc(N5c6ccccc6C(C)(C)c6ccccc65)ccc4c(-c4ccc(-c5ccccc5)cc4)c3c2)c2ccccc21. The van der Waals surface area contributed by atoms with Gasteiger partial charge in [0.15, 0.2) is 0 Å². The van der Waals surface area contributed by atoms with Crippen molar-refractivity contribution in [3.63, 3.8) is 0 Å². The van der Waals surface area contributed by atoms with Crippen LogP contribution in [0.2, 0.25) is 0 Å². The van der Waals surface area contributed by atoms with Crippen molar-refractivity contribution in [2.24, 2.45) is 0 Å². The Morgan fingerprint density at radius 3 is 1.26 bits per heavy atom. The smallest absolute Gasteiger partial charge is 0.0502 e. The van der Waals surface area contributed by atoms with Crippen LogP contribution < -0.4 is 9.80 Å². The Kier molecular flexibility index (Phi) is 9.08. The normalized spacial score (nSPS) is 15.1. The van der Waals surface area contributed by atoms with E-state index in [4.69, 9.17) is 0 Å². The summed E-state index contributed by atoms with van der Waals surface area (Å²) in [4.78, 5) is 5.01. The van der Waals surface area contributed by atoms with Gasteiger partial charge in [0, 0.05) is 22.2 Å². The number of benzene rings is 10. The summed E-state index contributed by atoms with van der Waals surface area (Å²) < 4.78 is 0. The van der Waals surface area contributed by atoms with E-state index in [1.807, 2.05) is 0 Å². The molecular formula is C66H52N2. The monoisotopic (exact) mass is 872 g/mol. The number of fused-ring (bicyclic) bond motifs is 7. The zero-order valence-corrected chi connectivity index (χ0v) is 39.1. The van der Waals surface area contributed by atoms with E-state index in [1.54, 1.807) is 0 Å². The minimum absolute atomic E-state index is 0.151. The Balaban J connectivity index is 1.12. The van der Waals surface area contributed by atoms with E-state index in [2.05, 4.69) is 256 Å². The molecule has 0 radical (unpaired) electrons. The number of allylic oxidation sites excluding steroid dienone is 1. The van der Waals surface area contributed by atoms with Gasteiger partial charge in [-0.25, -0.2) is 0 Å². The molecule has 0 bridgehead atoms. The predicted molar refractivity (Wildman–Crippen MR) is 289 cm³/mol. The van der Waals surface area contributed by atoms with E-state index in [9.17, 15) is 0 Å². The molecule has 2 aliphatic heterocycles. The predicted octanol–water partition coefficient (Wildman–Crippen LogP) is 18.2. The molecule has 68 heavy (non-hydrogen) atoms. The largest absolute Gasteiger partial charge is 0.310 e. The third kappa shape index (κ3) is 6.10. The first-order valence-electron chi connectivity index (χ1n) is 24.2. The van der Waals surface area contributed by atoms with Crippen LogP contribution in [0.3, 0.4) is 0 Å². The van der Waals surface area contributed by atoms with Crippen molar-refractivity contribution >= 4 is 61.7 Å². The average molecular weight is 873 g/mol. The van der Waals surface area contributed by atoms with Crippen LogP contribution in [-0.2, 0) is 17.3 Å². The molecule has 0 N–H and O–H groups in total. The van der Waals surface area contributed by atoms with Gasteiger partial charge in [-0.05, 0) is 150 Å². The molecule has 3 aliphatic rings. The third-order valence-electron chi connectivity index (χ3n) is 15.5. The van der Waals surface area contributed by atoms with Gasteiger partial charge in [0.25, 0.3) is 0 Å². The van der Waals surface area contributed by atoms with E-state index in [1.165, 1.54) is 111 Å². The molecule has 2 heterocycles. The molecule has 10 aromatic rings.